The molecule has 35 heavy (non-hydrogen) atoms. The third kappa shape index (κ3) is 5.45. The zero-order chi connectivity index (χ0) is 25.0. The predicted octanol–water partition coefficient (Wildman–Crippen LogP) is 6.22. The first kappa shape index (κ1) is 25.8. The van der Waals surface area contributed by atoms with Gasteiger partial charge in [-0.3, -0.25) is 4.79 Å². The quantitative estimate of drug-likeness (QED) is 0.439. The van der Waals surface area contributed by atoms with Crippen LogP contribution in [0.15, 0.2) is 24.3 Å². The van der Waals surface area contributed by atoms with Crippen LogP contribution in [-0.4, -0.2) is 44.6 Å². The Hall–Kier alpha value is -2.28. The van der Waals surface area contributed by atoms with Crippen LogP contribution in [0.3, 0.4) is 0 Å². The summed E-state index contributed by atoms with van der Waals surface area (Å²) in [6, 6.07) is 8.04. The molecule has 1 aliphatic carbocycles. The summed E-state index contributed by atoms with van der Waals surface area (Å²) < 4.78 is 23.0. The number of hydrogen-bond donors (Lipinski definition) is 1. The lowest BCUT2D eigenvalue weighted by Crippen LogP contribution is -2.39. The van der Waals surface area contributed by atoms with Crippen molar-refractivity contribution in [2.24, 2.45) is 5.41 Å². The molecule has 190 valence electrons. The number of carboxylic acids is 1. The molecule has 0 aromatic heterocycles. The number of hydrogen-bond acceptors (Lipinski definition) is 5. The Balaban J connectivity index is 1.75. The number of carbonyl (C=O) groups is 1. The molecule has 2 fully saturated rings. The monoisotopic (exact) mass is 502 g/mol. The van der Waals surface area contributed by atoms with Crippen LogP contribution in [0.5, 0.6) is 11.5 Å². The van der Waals surface area contributed by atoms with Crippen LogP contribution in [0.4, 0.5) is 0 Å². The van der Waals surface area contributed by atoms with Crippen LogP contribution < -0.4 is 9.47 Å². The van der Waals surface area contributed by atoms with Gasteiger partial charge in [0.05, 0.1) is 37.4 Å². The maximum absolute atomic E-state index is 12.2. The number of rotatable bonds is 9. The average Bonchev–Trinajstić information content (AvgIpc) is 3.38. The molecule has 0 radical (unpaired) electrons. The summed E-state index contributed by atoms with van der Waals surface area (Å²) in [4.78, 5) is 12.2. The highest BCUT2D eigenvalue weighted by atomic mass is 35.5. The number of ether oxygens (including phenoxy) is 4. The molecule has 0 spiro atoms. The molecule has 1 N–H and O–H groups in total. The van der Waals surface area contributed by atoms with Crippen LogP contribution in [0, 0.1) is 12.3 Å². The third-order valence-electron chi connectivity index (χ3n) is 7.53. The van der Waals surface area contributed by atoms with Crippen LogP contribution in [0.25, 0.3) is 11.1 Å². The van der Waals surface area contributed by atoms with Crippen molar-refractivity contribution in [2.75, 3.05) is 27.4 Å². The van der Waals surface area contributed by atoms with E-state index < -0.39 is 11.4 Å². The van der Waals surface area contributed by atoms with Crippen LogP contribution >= 0.6 is 11.6 Å². The summed E-state index contributed by atoms with van der Waals surface area (Å²) in [5, 5.41) is 10.6. The Morgan fingerprint density at radius 2 is 1.83 bits per heavy atom. The lowest BCUT2D eigenvalue weighted by molar-refractivity contribution is -0.154. The Morgan fingerprint density at radius 1 is 1.11 bits per heavy atom. The molecule has 0 amide bonds. The minimum Gasteiger partial charge on any atom is -0.496 e. The molecular formula is C28H35ClO6. The normalized spacial score (nSPS) is 17.9. The van der Waals surface area contributed by atoms with Crippen LogP contribution in [0.2, 0.25) is 5.02 Å². The Kier molecular flexibility index (Phi) is 8.25. The summed E-state index contributed by atoms with van der Waals surface area (Å²) in [5.41, 5.74) is 3.73. The molecule has 2 aromatic rings. The Bertz CT molecular complexity index is 1050. The van der Waals surface area contributed by atoms with Gasteiger partial charge in [0, 0.05) is 24.3 Å². The van der Waals surface area contributed by atoms with Crippen LogP contribution in [-0.2, 0) is 27.3 Å². The van der Waals surface area contributed by atoms with Crippen molar-refractivity contribution in [3.8, 4) is 22.6 Å². The highest BCUT2D eigenvalue weighted by Crippen LogP contribution is 2.44. The van der Waals surface area contributed by atoms with Gasteiger partial charge in [-0.05, 0) is 61.8 Å². The first-order valence-electron chi connectivity index (χ1n) is 12.3. The van der Waals surface area contributed by atoms with E-state index in [1.54, 1.807) is 14.2 Å². The second-order valence-electron chi connectivity index (χ2n) is 9.68. The van der Waals surface area contributed by atoms with Crippen molar-refractivity contribution < 1.29 is 28.8 Å². The standard InChI is InChI=1S/C28H35ClO6/c1-18-24(32-2)15-23(25(29)26(18)33-3)22-9-8-19(14-20(22)17-35-21-6-4-5-7-21)16-28(27(30)31)10-12-34-13-11-28/h8-9,14-15,21H,4-7,10-13,16-17H2,1-3H3,(H,30,31). The molecule has 1 saturated heterocycles. The van der Waals surface area contributed by atoms with Crippen molar-refractivity contribution in [1.29, 1.82) is 0 Å². The van der Waals surface area contributed by atoms with E-state index >= 15 is 0 Å². The third-order valence-corrected chi connectivity index (χ3v) is 7.90. The Labute approximate surface area is 212 Å². The van der Waals surface area contributed by atoms with E-state index in [1.165, 1.54) is 12.8 Å². The van der Waals surface area contributed by atoms with Crippen molar-refractivity contribution in [3.05, 3.63) is 46.0 Å². The molecule has 1 saturated carbocycles. The summed E-state index contributed by atoms with van der Waals surface area (Å²) in [6.45, 7) is 3.30. The molecule has 2 aromatic carbocycles. The molecule has 1 aliphatic heterocycles. The van der Waals surface area contributed by atoms with Crippen molar-refractivity contribution >= 4 is 17.6 Å². The Morgan fingerprint density at radius 3 is 2.46 bits per heavy atom. The van der Waals surface area contributed by atoms with E-state index in [0.717, 1.165) is 40.7 Å². The molecule has 4 rings (SSSR count). The summed E-state index contributed by atoms with van der Waals surface area (Å²) in [6.07, 6.45) is 6.26. The molecule has 0 unspecified atom stereocenters. The van der Waals surface area contributed by atoms with Gasteiger partial charge in [0.15, 0.2) is 0 Å². The van der Waals surface area contributed by atoms with Gasteiger partial charge in [0.1, 0.15) is 11.5 Å². The molecule has 7 heteroatoms. The van der Waals surface area contributed by atoms with Crippen molar-refractivity contribution in [1.82, 2.24) is 0 Å². The van der Waals surface area contributed by atoms with Gasteiger partial charge in [-0.2, -0.15) is 0 Å². The van der Waals surface area contributed by atoms with E-state index in [-0.39, 0.29) is 6.10 Å². The maximum Gasteiger partial charge on any atom is 0.310 e. The zero-order valence-corrected chi connectivity index (χ0v) is 21.6. The number of benzene rings is 2. The van der Waals surface area contributed by atoms with Gasteiger partial charge in [0.25, 0.3) is 0 Å². The fourth-order valence-electron chi connectivity index (χ4n) is 5.37. The van der Waals surface area contributed by atoms with Gasteiger partial charge in [-0.25, -0.2) is 0 Å². The first-order valence-corrected chi connectivity index (χ1v) is 12.7. The van der Waals surface area contributed by atoms with E-state index in [4.69, 9.17) is 30.5 Å². The highest BCUT2D eigenvalue weighted by molar-refractivity contribution is 6.35. The van der Waals surface area contributed by atoms with Gasteiger partial charge in [-0.15, -0.1) is 0 Å². The number of aliphatic carboxylic acids is 1. The fraction of sp³-hybridized carbons (Fsp3) is 0.536. The zero-order valence-electron chi connectivity index (χ0n) is 20.8. The molecular weight excluding hydrogens is 468 g/mol. The second kappa shape index (κ2) is 11.2. The largest absolute Gasteiger partial charge is 0.496 e. The smallest absolute Gasteiger partial charge is 0.310 e. The van der Waals surface area contributed by atoms with Crippen LogP contribution in [0.1, 0.15) is 55.2 Å². The summed E-state index contributed by atoms with van der Waals surface area (Å²) in [7, 11) is 3.23. The number of methoxy groups -OCH3 is 2. The topological polar surface area (TPSA) is 74.2 Å². The molecule has 0 bridgehead atoms. The lowest BCUT2D eigenvalue weighted by atomic mass is 9.75. The SMILES string of the molecule is COc1cc(-c2ccc(CC3(C(=O)O)CCOCC3)cc2COC2CCCC2)c(Cl)c(OC)c1C. The van der Waals surface area contributed by atoms with Gasteiger partial charge in [0.2, 0.25) is 0 Å². The highest BCUT2D eigenvalue weighted by Gasteiger charge is 2.40. The number of halogens is 1. The van der Waals surface area contributed by atoms with Gasteiger partial charge in [-0.1, -0.05) is 42.6 Å². The van der Waals surface area contributed by atoms with E-state index in [9.17, 15) is 9.90 Å². The van der Waals surface area contributed by atoms with Gasteiger partial charge >= 0.3 is 5.97 Å². The van der Waals surface area contributed by atoms with Crippen molar-refractivity contribution in [2.45, 2.75) is 64.6 Å². The van der Waals surface area contributed by atoms with Gasteiger partial charge < -0.3 is 24.1 Å². The minimum atomic E-state index is -0.808. The fourth-order valence-corrected chi connectivity index (χ4v) is 5.75. The number of carboxylic acid groups (broad SMARTS) is 1. The maximum atomic E-state index is 12.2. The lowest BCUT2D eigenvalue weighted by Gasteiger charge is -2.33. The molecule has 0 atom stereocenters. The predicted molar refractivity (Wildman–Crippen MR) is 136 cm³/mol. The van der Waals surface area contributed by atoms with E-state index in [1.807, 2.05) is 25.1 Å². The van der Waals surface area contributed by atoms with E-state index in [0.29, 0.717) is 55.6 Å². The first-order chi connectivity index (χ1) is 16.9. The average molecular weight is 503 g/mol. The molecule has 6 nitrogen and oxygen atoms in total. The summed E-state index contributed by atoms with van der Waals surface area (Å²) >= 11 is 6.82. The van der Waals surface area contributed by atoms with Crippen molar-refractivity contribution in [3.63, 3.8) is 0 Å². The molecule has 1 heterocycles. The minimum absolute atomic E-state index is 0.255. The van der Waals surface area contributed by atoms with E-state index in [2.05, 4.69) is 6.07 Å². The second-order valence-corrected chi connectivity index (χ2v) is 10.1. The summed E-state index contributed by atoms with van der Waals surface area (Å²) in [5.74, 6) is 0.518. The molecule has 2 aliphatic rings.